The summed E-state index contributed by atoms with van der Waals surface area (Å²) in [6, 6.07) is 0. The molecule has 0 aromatic carbocycles. The number of carbonyl (C=O) groups excluding carboxylic acids is 1. The lowest BCUT2D eigenvalue weighted by molar-refractivity contribution is -0.129. The van der Waals surface area contributed by atoms with Gasteiger partial charge < -0.3 is 9.42 Å². The second-order valence-corrected chi connectivity index (χ2v) is 7.95. The highest BCUT2D eigenvalue weighted by molar-refractivity contribution is 5.75. The summed E-state index contributed by atoms with van der Waals surface area (Å²) in [7, 11) is 3.74. The molecule has 9 nitrogen and oxygen atoms in total. The van der Waals surface area contributed by atoms with Crippen LogP contribution in [-0.2, 0) is 4.79 Å². The summed E-state index contributed by atoms with van der Waals surface area (Å²) in [6.07, 6.45) is 12.8. The lowest BCUT2D eigenvalue weighted by Gasteiger charge is -2.22. The van der Waals surface area contributed by atoms with Crippen molar-refractivity contribution in [3.63, 3.8) is 0 Å². The summed E-state index contributed by atoms with van der Waals surface area (Å²) < 4.78 is 5.49. The zero-order valence-corrected chi connectivity index (χ0v) is 17.2. The van der Waals surface area contributed by atoms with E-state index in [2.05, 4.69) is 20.1 Å². The Morgan fingerprint density at radius 3 is 2.76 bits per heavy atom. The number of amides is 1. The van der Waals surface area contributed by atoms with Gasteiger partial charge in [0.2, 0.25) is 17.6 Å². The van der Waals surface area contributed by atoms with E-state index in [0.29, 0.717) is 23.2 Å². The molecule has 0 saturated heterocycles. The van der Waals surface area contributed by atoms with Gasteiger partial charge in [0.15, 0.2) is 11.5 Å². The molecule has 158 valence electrons. The van der Waals surface area contributed by atoms with Crippen molar-refractivity contribution >= 4 is 11.7 Å². The summed E-state index contributed by atoms with van der Waals surface area (Å²) in [4.78, 5) is 26.8. The normalized spacial score (nSPS) is 15.8. The summed E-state index contributed by atoms with van der Waals surface area (Å²) in [6.45, 7) is 0. The molecule has 2 aromatic rings. The van der Waals surface area contributed by atoms with E-state index >= 15 is 0 Å². The Balaban J connectivity index is 1.71. The molecule has 0 aliphatic heterocycles. The van der Waals surface area contributed by atoms with Gasteiger partial charge in [-0.2, -0.15) is 4.98 Å². The quantitative estimate of drug-likeness (QED) is 0.484. The molecule has 1 aliphatic carbocycles. The van der Waals surface area contributed by atoms with Crippen LogP contribution in [0.15, 0.2) is 16.9 Å². The highest BCUT2D eigenvalue weighted by atomic mass is 16.5. The molecule has 1 amide bonds. The number of aromatic nitrogens is 4. The van der Waals surface area contributed by atoms with Crippen molar-refractivity contribution in [3.05, 3.63) is 18.3 Å². The first kappa shape index (κ1) is 21.2. The fourth-order valence-corrected chi connectivity index (χ4v) is 4.02. The third-order valence-electron chi connectivity index (χ3n) is 5.55. The summed E-state index contributed by atoms with van der Waals surface area (Å²) >= 11 is 0. The van der Waals surface area contributed by atoms with Gasteiger partial charge in [-0.15, -0.1) is 0 Å². The topological polar surface area (TPSA) is 117 Å². The van der Waals surface area contributed by atoms with E-state index in [9.17, 15) is 4.79 Å². The number of hydrogen-bond donors (Lipinski definition) is 2. The third kappa shape index (κ3) is 5.72. The Hall–Kier alpha value is -2.55. The molecular weight excluding hydrogens is 372 g/mol. The first-order valence-corrected chi connectivity index (χ1v) is 10.3. The molecule has 2 aromatic heterocycles. The minimum absolute atomic E-state index is 0.101. The van der Waals surface area contributed by atoms with Crippen molar-refractivity contribution < 1.29 is 14.5 Å². The van der Waals surface area contributed by atoms with Gasteiger partial charge in [0.25, 0.3) is 0 Å². The Morgan fingerprint density at radius 2 is 2.03 bits per heavy atom. The van der Waals surface area contributed by atoms with Gasteiger partial charge in [0.05, 0.1) is 0 Å². The van der Waals surface area contributed by atoms with Crippen LogP contribution in [-0.4, -0.2) is 45.3 Å². The number of anilines is 1. The monoisotopic (exact) mass is 402 g/mol. The average Bonchev–Trinajstić information content (AvgIpc) is 3.23. The maximum Gasteiger partial charge on any atom is 0.244 e. The molecule has 1 aliphatic rings. The maximum absolute atomic E-state index is 11.8. The molecule has 1 saturated carbocycles. The summed E-state index contributed by atoms with van der Waals surface area (Å²) in [5.74, 6) is 1.45. The standard InChI is InChI=1S/C20H30N6O3/c1-26(2)19-17(21-11-12-22-19)18-23-20(29-25-18)15(13-16(27)24-28)10-6-9-14-7-4-3-5-8-14/h11-12,14-15,28H,3-10,13H2,1-2H3,(H,24,27)/t15-/m1/s1. The van der Waals surface area contributed by atoms with Gasteiger partial charge >= 0.3 is 0 Å². The second kappa shape index (κ2) is 10.3. The van der Waals surface area contributed by atoms with Crippen LogP contribution < -0.4 is 10.4 Å². The van der Waals surface area contributed by atoms with Crippen molar-refractivity contribution in [1.29, 1.82) is 0 Å². The molecule has 1 atom stereocenters. The summed E-state index contributed by atoms with van der Waals surface area (Å²) in [5.41, 5.74) is 2.24. The lowest BCUT2D eigenvalue weighted by Crippen LogP contribution is -2.21. The molecule has 9 heteroatoms. The highest BCUT2D eigenvalue weighted by Gasteiger charge is 2.25. The molecule has 2 N–H and O–H groups in total. The van der Waals surface area contributed by atoms with E-state index in [1.807, 2.05) is 19.0 Å². The van der Waals surface area contributed by atoms with Crippen LogP contribution >= 0.6 is 0 Å². The van der Waals surface area contributed by atoms with E-state index in [-0.39, 0.29) is 12.3 Å². The molecule has 2 heterocycles. The first-order chi connectivity index (χ1) is 14.1. The maximum atomic E-state index is 11.8. The van der Waals surface area contributed by atoms with Crippen molar-refractivity contribution in [2.24, 2.45) is 5.92 Å². The number of nitrogens with one attached hydrogen (secondary N) is 1. The zero-order chi connectivity index (χ0) is 20.6. The van der Waals surface area contributed by atoms with Gasteiger partial charge in [-0.25, -0.2) is 15.4 Å². The molecule has 0 bridgehead atoms. The van der Waals surface area contributed by atoms with Crippen molar-refractivity contribution in [3.8, 4) is 11.5 Å². The Kier molecular flexibility index (Phi) is 7.51. The first-order valence-electron chi connectivity index (χ1n) is 10.3. The SMILES string of the molecule is CN(C)c1nccnc1-c1noc([C@H](CCCC2CCCCC2)CC(=O)NO)n1. The molecule has 29 heavy (non-hydrogen) atoms. The second-order valence-electron chi connectivity index (χ2n) is 7.95. The largest absolute Gasteiger partial charge is 0.361 e. The van der Waals surface area contributed by atoms with Gasteiger partial charge in [-0.05, 0) is 12.3 Å². The van der Waals surface area contributed by atoms with Crippen LogP contribution in [0.5, 0.6) is 0 Å². The number of rotatable bonds is 9. The van der Waals surface area contributed by atoms with Crippen LogP contribution in [0, 0.1) is 5.92 Å². The van der Waals surface area contributed by atoms with Crippen LogP contribution in [0.2, 0.25) is 0 Å². The Morgan fingerprint density at radius 1 is 1.28 bits per heavy atom. The van der Waals surface area contributed by atoms with E-state index in [4.69, 9.17) is 9.73 Å². The van der Waals surface area contributed by atoms with Crippen LogP contribution in [0.1, 0.15) is 69.6 Å². The van der Waals surface area contributed by atoms with E-state index in [0.717, 1.165) is 25.2 Å². The number of nitrogens with zero attached hydrogens (tertiary/aromatic N) is 5. The van der Waals surface area contributed by atoms with E-state index in [1.165, 1.54) is 32.1 Å². The Labute approximate surface area is 170 Å². The van der Waals surface area contributed by atoms with Gasteiger partial charge in [-0.3, -0.25) is 10.0 Å². The molecular formula is C20H30N6O3. The molecule has 3 rings (SSSR count). The van der Waals surface area contributed by atoms with Crippen LogP contribution in [0.3, 0.4) is 0 Å². The average molecular weight is 402 g/mol. The third-order valence-corrected chi connectivity index (χ3v) is 5.55. The van der Waals surface area contributed by atoms with Gasteiger partial charge in [0, 0.05) is 38.8 Å². The predicted octanol–water partition coefficient (Wildman–Crippen LogP) is 3.32. The number of hydroxylamine groups is 1. The molecule has 0 radical (unpaired) electrons. The molecule has 0 spiro atoms. The zero-order valence-electron chi connectivity index (χ0n) is 17.2. The van der Waals surface area contributed by atoms with E-state index < -0.39 is 5.91 Å². The lowest BCUT2D eigenvalue weighted by atomic mass is 9.84. The molecule has 1 fully saturated rings. The number of carbonyl (C=O) groups is 1. The van der Waals surface area contributed by atoms with Crippen molar-refractivity contribution in [2.75, 3.05) is 19.0 Å². The summed E-state index contributed by atoms with van der Waals surface area (Å²) in [5, 5.41) is 13.0. The number of hydrogen-bond acceptors (Lipinski definition) is 8. The van der Waals surface area contributed by atoms with Gasteiger partial charge in [0.1, 0.15) is 0 Å². The molecule has 0 unspecified atom stereocenters. The fourth-order valence-electron chi connectivity index (χ4n) is 4.02. The Bertz CT molecular complexity index is 788. The smallest absolute Gasteiger partial charge is 0.244 e. The van der Waals surface area contributed by atoms with Crippen molar-refractivity contribution in [2.45, 2.75) is 63.7 Å². The highest BCUT2D eigenvalue weighted by Crippen LogP contribution is 2.32. The fraction of sp³-hybridized carbons (Fsp3) is 0.650. The van der Waals surface area contributed by atoms with Crippen LogP contribution in [0.25, 0.3) is 11.5 Å². The van der Waals surface area contributed by atoms with Crippen LogP contribution in [0.4, 0.5) is 5.82 Å². The van der Waals surface area contributed by atoms with E-state index in [1.54, 1.807) is 17.9 Å². The van der Waals surface area contributed by atoms with Gasteiger partial charge in [-0.1, -0.05) is 50.1 Å². The minimum Gasteiger partial charge on any atom is -0.361 e. The van der Waals surface area contributed by atoms with Crippen molar-refractivity contribution in [1.82, 2.24) is 25.6 Å². The minimum atomic E-state index is -0.458. The predicted molar refractivity (Wildman–Crippen MR) is 107 cm³/mol.